The lowest BCUT2D eigenvalue weighted by molar-refractivity contribution is -0.115. The average molecular weight is 436 g/mol. The van der Waals surface area contributed by atoms with E-state index in [2.05, 4.69) is 15.3 Å². The molecule has 2 heterocycles. The summed E-state index contributed by atoms with van der Waals surface area (Å²) in [6.45, 7) is 3.84. The van der Waals surface area contributed by atoms with Gasteiger partial charge in [-0.25, -0.2) is 4.98 Å². The van der Waals surface area contributed by atoms with Crippen molar-refractivity contribution in [1.82, 2.24) is 9.97 Å². The van der Waals surface area contributed by atoms with Crippen LogP contribution in [0.4, 0.5) is 5.69 Å². The van der Waals surface area contributed by atoms with Crippen LogP contribution in [0.5, 0.6) is 0 Å². The number of benzene rings is 2. The second-order valence-corrected chi connectivity index (χ2v) is 9.21. The van der Waals surface area contributed by atoms with Crippen LogP contribution in [0.3, 0.4) is 0 Å². The summed E-state index contributed by atoms with van der Waals surface area (Å²) >= 11 is 2.90. The first-order valence-electron chi connectivity index (χ1n) is 9.56. The van der Waals surface area contributed by atoms with Crippen LogP contribution < -0.4 is 10.9 Å². The first-order valence-corrected chi connectivity index (χ1v) is 11.5. The molecule has 152 valence electrons. The van der Waals surface area contributed by atoms with Gasteiger partial charge in [-0.1, -0.05) is 42.5 Å². The average Bonchev–Trinajstić information content (AvgIpc) is 3.17. The molecule has 1 unspecified atom stereocenters. The number of rotatable bonds is 6. The third kappa shape index (κ3) is 4.47. The van der Waals surface area contributed by atoms with E-state index in [4.69, 9.17) is 0 Å². The minimum atomic E-state index is -0.283. The maximum Gasteiger partial charge on any atom is 0.260 e. The standard InChI is InChI=1S/C23H21N3O2S2/c1-14-7-6-10-17(11-14)24-21(27)15(2)29-13-19-25-22(28)20-18(12-30-23(20)26-19)16-8-4-3-5-9-16/h3-12,15H,13H2,1-2H3,(H,24,27)(H,25,26,28). The molecule has 1 amide bonds. The van der Waals surface area contributed by atoms with E-state index in [0.29, 0.717) is 21.8 Å². The number of aromatic amines is 1. The zero-order chi connectivity index (χ0) is 21.1. The molecule has 30 heavy (non-hydrogen) atoms. The van der Waals surface area contributed by atoms with E-state index in [-0.39, 0.29) is 16.7 Å². The number of nitrogens with one attached hydrogen (secondary N) is 2. The van der Waals surface area contributed by atoms with Crippen molar-refractivity contribution in [3.63, 3.8) is 0 Å². The molecule has 7 heteroatoms. The van der Waals surface area contributed by atoms with Gasteiger partial charge < -0.3 is 10.3 Å². The van der Waals surface area contributed by atoms with Crippen LogP contribution >= 0.6 is 23.1 Å². The monoisotopic (exact) mass is 435 g/mol. The summed E-state index contributed by atoms with van der Waals surface area (Å²) in [5.41, 5.74) is 3.63. The number of thioether (sulfide) groups is 1. The lowest BCUT2D eigenvalue weighted by Gasteiger charge is -2.12. The lowest BCUT2D eigenvalue weighted by Crippen LogP contribution is -2.23. The van der Waals surface area contributed by atoms with E-state index in [1.54, 1.807) is 0 Å². The number of H-pyrrole nitrogens is 1. The highest BCUT2D eigenvalue weighted by Gasteiger charge is 2.16. The highest BCUT2D eigenvalue weighted by atomic mass is 32.2. The molecule has 0 aliphatic rings. The van der Waals surface area contributed by atoms with Crippen molar-refractivity contribution < 1.29 is 4.79 Å². The van der Waals surface area contributed by atoms with Crippen molar-refractivity contribution in [2.24, 2.45) is 0 Å². The van der Waals surface area contributed by atoms with E-state index in [0.717, 1.165) is 22.4 Å². The summed E-state index contributed by atoms with van der Waals surface area (Å²) in [5, 5.41) is 5.23. The van der Waals surface area contributed by atoms with Gasteiger partial charge in [-0.3, -0.25) is 9.59 Å². The number of carbonyl (C=O) groups is 1. The number of fused-ring (bicyclic) bond motifs is 1. The molecule has 1 atom stereocenters. The zero-order valence-corrected chi connectivity index (χ0v) is 18.3. The summed E-state index contributed by atoms with van der Waals surface area (Å²) < 4.78 is 0. The molecular weight excluding hydrogens is 414 g/mol. The molecule has 4 rings (SSSR count). The van der Waals surface area contributed by atoms with Gasteiger partial charge in [0, 0.05) is 16.6 Å². The Morgan fingerprint density at radius 3 is 2.77 bits per heavy atom. The normalized spacial score (nSPS) is 12.1. The summed E-state index contributed by atoms with van der Waals surface area (Å²) in [7, 11) is 0. The van der Waals surface area contributed by atoms with Crippen molar-refractivity contribution >= 4 is 44.9 Å². The number of aromatic nitrogens is 2. The number of nitrogens with zero attached hydrogens (tertiary/aromatic N) is 1. The second-order valence-electron chi connectivity index (χ2n) is 7.02. The van der Waals surface area contributed by atoms with Gasteiger partial charge in [0.1, 0.15) is 10.7 Å². The van der Waals surface area contributed by atoms with Gasteiger partial charge in [-0.2, -0.15) is 0 Å². The molecule has 5 nitrogen and oxygen atoms in total. The summed E-state index contributed by atoms with van der Waals surface area (Å²) in [5.74, 6) is 0.956. The Morgan fingerprint density at radius 1 is 1.20 bits per heavy atom. The SMILES string of the molecule is Cc1cccc(NC(=O)C(C)SCc2nc3scc(-c4ccccc4)c3c(=O)[nH]2)c1. The maximum absolute atomic E-state index is 12.7. The van der Waals surface area contributed by atoms with Crippen molar-refractivity contribution in [1.29, 1.82) is 0 Å². The van der Waals surface area contributed by atoms with Gasteiger partial charge in [0.05, 0.1) is 16.4 Å². The smallest absolute Gasteiger partial charge is 0.260 e. The van der Waals surface area contributed by atoms with Crippen molar-refractivity contribution in [3.05, 3.63) is 81.7 Å². The predicted octanol–water partition coefficient (Wildman–Crippen LogP) is 5.22. The van der Waals surface area contributed by atoms with Crippen molar-refractivity contribution in [2.45, 2.75) is 24.9 Å². The van der Waals surface area contributed by atoms with Crippen molar-refractivity contribution in [3.8, 4) is 11.1 Å². The minimum absolute atomic E-state index is 0.0727. The van der Waals surface area contributed by atoms with Gasteiger partial charge in [0.25, 0.3) is 5.56 Å². The number of hydrogen-bond acceptors (Lipinski definition) is 5. The maximum atomic E-state index is 12.7. The Balaban J connectivity index is 1.47. The quantitative estimate of drug-likeness (QED) is 0.435. The third-order valence-electron chi connectivity index (χ3n) is 4.70. The van der Waals surface area contributed by atoms with Crippen LogP contribution in [-0.2, 0) is 10.5 Å². The minimum Gasteiger partial charge on any atom is -0.325 e. The second kappa shape index (κ2) is 8.85. The van der Waals surface area contributed by atoms with Crippen LogP contribution in [0.1, 0.15) is 18.3 Å². The van der Waals surface area contributed by atoms with E-state index >= 15 is 0 Å². The van der Waals surface area contributed by atoms with Gasteiger partial charge in [0.15, 0.2) is 0 Å². The van der Waals surface area contributed by atoms with Crippen LogP contribution in [0.15, 0.2) is 64.8 Å². The molecule has 2 N–H and O–H groups in total. The molecule has 0 radical (unpaired) electrons. The summed E-state index contributed by atoms with van der Waals surface area (Å²) in [4.78, 5) is 33.4. The fourth-order valence-electron chi connectivity index (χ4n) is 3.14. The third-order valence-corrected chi connectivity index (χ3v) is 6.73. The Bertz CT molecular complexity index is 1250. The molecule has 0 fully saturated rings. The number of thiophene rings is 1. The fourth-order valence-corrected chi connectivity index (χ4v) is 4.86. The highest BCUT2D eigenvalue weighted by molar-refractivity contribution is 7.99. The molecule has 2 aromatic heterocycles. The largest absolute Gasteiger partial charge is 0.325 e. The van der Waals surface area contributed by atoms with Crippen LogP contribution in [0.25, 0.3) is 21.3 Å². The topological polar surface area (TPSA) is 74.8 Å². The van der Waals surface area contributed by atoms with Gasteiger partial charge in [-0.05, 0) is 37.1 Å². The molecule has 0 saturated carbocycles. The zero-order valence-electron chi connectivity index (χ0n) is 16.6. The van der Waals surface area contributed by atoms with E-state index in [1.807, 2.05) is 73.8 Å². The van der Waals surface area contributed by atoms with Crippen LogP contribution in [-0.4, -0.2) is 21.1 Å². The van der Waals surface area contributed by atoms with E-state index in [9.17, 15) is 9.59 Å². The summed E-state index contributed by atoms with van der Waals surface area (Å²) in [6, 6.07) is 17.5. The first-order chi connectivity index (χ1) is 14.5. The molecule has 0 aliphatic heterocycles. The first kappa shape index (κ1) is 20.4. The lowest BCUT2D eigenvalue weighted by atomic mass is 10.1. The van der Waals surface area contributed by atoms with E-state index in [1.165, 1.54) is 23.1 Å². The van der Waals surface area contributed by atoms with Gasteiger partial charge in [0.2, 0.25) is 5.91 Å². The number of hydrogen-bond donors (Lipinski definition) is 2. The molecule has 0 aliphatic carbocycles. The predicted molar refractivity (Wildman–Crippen MR) is 126 cm³/mol. The molecule has 0 bridgehead atoms. The van der Waals surface area contributed by atoms with Crippen LogP contribution in [0, 0.1) is 6.92 Å². The Kier molecular flexibility index (Phi) is 6.01. The van der Waals surface area contributed by atoms with Gasteiger partial charge in [-0.15, -0.1) is 23.1 Å². The molecule has 0 spiro atoms. The fraction of sp³-hybridized carbons (Fsp3) is 0.174. The molecule has 0 saturated heterocycles. The number of anilines is 1. The highest BCUT2D eigenvalue weighted by Crippen LogP contribution is 2.30. The molecular formula is C23H21N3O2S2. The molecule has 2 aromatic carbocycles. The molecule has 4 aromatic rings. The van der Waals surface area contributed by atoms with E-state index < -0.39 is 0 Å². The van der Waals surface area contributed by atoms with Gasteiger partial charge >= 0.3 is 0 Å². The van der Waals surface area contributed by atoms with Crippen LogP contribution in [0.2, 0.25) is 0 Å². The number of aryl methyl sites for hydroxylation is 1. The van der Waals surface area contributed by atoms with Crippen molar-refractivity contribution in [2.75, 3.05) is 5.32 Å². The Labute approximate surface area is 182 Å². The Hall–Kier alpha value is -2.90. The Morgan fingerprint density at radius 2 is 2.00 bits per heavy atom. The number of amides is 1. The summed E-state index contributed by atoms with van der Waals surface area (Å²) in [6.07, 6.45) is 0. The number of carbonyl (C=O) groups excluding carboxylic acids is 1.